The molecular weight excluding hydrogens is 188 g/mol. The lowest BCUT2D eigenvalue weighted by molar-refractivity contribution is -0.123. The highest BCUT2D eigenvalue weighted by Crippen LogP contribution is 2.20. The summed E-state index contributed by atoms with van der Waals surface area (Å²) in [4.78, 5) is 11.7. The Balaban J connectivity index is 2.36. The van der Waals surface area contributed by atoms with Crippen LogP contribution in [0.1, 0.15) is 52.9 Å². The van der Waals surface area contributed by atoms with Crippen molar-refractivity contribution in [1.29, 1.82) is 0 Å². The molecule has 2 unspecified atom stereocenters. The van der Waals surface area contributed by atoms with E-state index in [-0.39, 0.29) is 23.4 Å². The molecule has 1 rings (SSSR count). The molecule has 0 radical (unpaired) electrons. The van der Waals surface area contributed by atoms with Crippen LogP contribution in [0.2, 0.25) is 0 Å². The van der Waals surface area contributed by atoms with Crippen molar-refractivity contribution in [1.82, 2.24) is 5.32 Å². The average molecular weight is 212 g/mol. The first-order valence-electron chi connectivity index (χ1n) is 5.93. The quantitative estimate of drug-likeness (QED) is 0.733. The van der Waals surface area contributed by atoms with Crippen molar-refractivity contribution >= 4 is 5.91 Å². The van der Waals surface area contributed by atoms with Gasteiger partial charge in [0, 0.05) is 18.5 Å². The Morgan fingerprint density at radius 2 is 1.93 bits per heavy atom. The Labute approximate surface area is 92.8 Å². The van der Waals surface area contributed by atoms with E-state index in [1.54, 1.807) is 0 Å². The van der Waals surface area contributed by atoms with E-state index in [4.69, 9.17) is 5.73 Å². The van der Waals surface area contributed by atoms with Crippen LogP contribution in [0.4, 0.5) is 0 Å². The predicted molar refractivity (Wildman–Crippen MR) is 62.4 cm³/mol. The van der Waals surface area contributed by atoms with E-state index >= 15 is 0 Å². The summed E-state index contributed by atoms with van der Waals surface area (Å²) < 4.78 is 0. The molecular formula is C12H24N2O. The molecule has 0 aromatic heterocycles. The van der Waals surface area contributed by atoms with Crippen molar-refractivity contribution < 1.29 is 4.79 Å². The maximum atomic E-state index is 11.7. The second-order valence-electron chi connectivity index (χ2n) is 5.86. The van der Waals surface area contributed by atoms with Gasteiger partial charge in [-0.2, -0.15) is 0 Å². The smallest absolute Gasteiger partial charge is 0.220 e. The number of carbonyl (C=O) groups excluding carboxylic acids is 1. The molecule has 1 amide bonds. The Bertz CT molecular complexity index is 220. The molecule has 1 aliphatic carbocycles. The van der Waals surface area contributed by atoms with Crippen LogP contribution in [0.25, 0.3) is 0 Å². The minimum absolute atomic E-state index is 0.0584. The highest BCUT2D eigenvalue weighted by molar-refractivity contribution is 5.76. The lowest BCUT2D eigenvalue weighted by Crippen LogP contribution is -2.49. The highest BCUT2D eigenvalue weighted by atomic mass is 16.1. The van der Waals surface area contributed by atoms with Gasteiger partial charge in [0.2, 0.25) is 5.91 Å². The van der Waals surface area contributed by atoms with Crippen molar-refractivity contribution in [2.45, 2.75) is 65.0 Å². The Morgan fingerprint density at radius 3 is 2.47 bits per heavy atom. The largest absolute Gasteiger partial charge is 0.352 e. The van der Waals surface area contributed by atoms with Gasteiger partial charge in [0.05, 0.1) is 0 Å². The van der Waals surface area contributed by atoms with Gasteiger partial charge in [-0.25, -0.2) is 0 Å². The maximum Gasteiger partial charge on any atom is 0.220 e. The zero-order valence-electron chi connectivity index (χ0n) is 10.2. The Hall–Kier alpha value is -0.570. The molecule has 0 saturated heterocycles. The SMILES string of the molecule is CC(C)(C)CC(=O)NC1CCCCC1N. The molecule has 0 aromatic rings. The third-order valence-electron chi connectivity index (χ3n) is 2.86. The molecule has 2 atom stereocenters. The van der Waals surface area contributed by atoms with Gasteiger partial charge in [-0.15, -0.1) is 0 Å². The van der Waals surface area contributed by atoms with Crippen molar-refractivity contribution in [3.05, 3.63) is 0 Å². The van der Waals surface area contributed by atoms with Gasteiger partial charge in [0.25, 0.3) is 0 Å². The fourth-order valence-corrected chi connectivity index (χ4v) is 2.08. The fourth-order valence-electron chi connectivity index (χ4n) is 2.08. The molecule has 3 nitrogen and oxygen atoms in total. The van der Waals surface area contributed by atoms with E-state index in [2.05, 4.69) is 26.1 Å². The van der Waals surface area contributed by atoms with Crippen LogP contribution in [0.3, 0.4) is 0 Å². The fraction of sp³-hybridized carbons (Fsp3) is 0.917. The minimum Gasteiger partial charge on any atom is -0.352 e. The monoisotopic (exact) mass is 212 g/mol. The van der Waals surface area contributed by atoms with Crippen molar-refractivity contribution in [2.75, 3.05) is 0 Å². The topological polar surface area (TPSA) is 55.1 Å². The average Bonchev–Trinajstić information content (AvgIpc) is 2.05. The Kier molecular flexibility index (Phi) is 4.14. The van der Waals surface area contributed by atoms with E-state index in [1.165, 1.54) is 12.8 Å². The van der Waals surface area contributed by atoms with Gasteiger partial charge in [-0.3, -0.25) is 4.79 Å². The number of nitrogens with one attached hydrogen (secondary N) is 1. The lowest BCUT2D eigenvalue weighted by Gasteiger charge is -2.30. The molecule has 3 heteroatoms. The van der Waals surface area contributed by atoms with Crippen LogP contribution in [-0.4, -0.2) is 18.0 Å². The first-order chi connectivity index (χ1) is 6.88. The maximum absolute atomic E-state index is 11.7. The number of hydrogen-bond acceptors (Lipinski definition) is 2. The Morgan fingerprint density at radius 1 is 1.33 bits per heavy atom. The van der Waals surface area contributed by atoms with Crippen LogP contribution < -0.4 is 11.1 Å². The zero-order valence-corrected chi connectivity index (χ0v) is 10.2. The number of carbonyl (C=O) groups is 1. The third-order valence-corrected chi connectivity index (χ3v) is 2.86. The molecule has 15 heavy (non-hydrogen) atoms. The summed E-state index contributed by atoms with van der Waals surface area (Å²) in [6.07, 6.45) is 5.05. The van der Waals surface area contributed by atoms with Gasteiger partial charge in [0.1, 0.15) is 0 Å². The van der Waals surface area contributed by atoms with E-state index in [0.717, 1.165) is 12.8 Å². The molecule has 0 bridgehead atoms. The molecule has 1 aliphatic rings. The lowest BCUT2D eigenvalue weighted by atomic mass is 9.89. The summed E-state index contributed by atoms with van der Waals surface area (Å²) in [5, 5.41) is 3.06. The normalized spacial score (nSPS) is 27.5. The van der Waals surface area contributed by atoms with Crippen LogP contribution in [0, 0.1) is 5.41 Å². The second kappa shape index (κ2) is 4.97. The molecule has 0 aromatic carbocycles. The molecule has 0 heterocycles. The van der Waals surface area contributed by atoms with Crippen molar-refractivity contribution in [2.24, 2.45) is 11.1 Å². The van der Waals surface area contributed by atoms with Crippen molar-refractivity contribution in [3.63, 3.8) is 0 Å². The summed E-state index contributed by atoms with van der Waals surface area (Å²) in [6, 6.07) is 0.358. The number of hydrogen-bond donors (Lipinski definition) is 2. The summed E-state index contributed by atoms with van der Waals surface area (Å²) in [7, 11) is 0. The number of nitrogens with two attached hydrogens (primary N) is 1. The second-order valence-corrected chi connectivity index (χ2v) is 5.86. The minimum atomic E-state index is 0.0584. The van der Waals surface area contributed by atoms with Crippen LogP contribution in [0.5, 0.6) is 0 Å². The molecule has 0 spiro atoms. The molecule has 3 N–H and O–H groups in total. The van der Waals surface area contributed by atoms with E-state index in [0.29, 0.717) is 6.42 Å². The van der Waals surface area contributed by atoms with E-state index in [9.17, 15) is 4.79 Å². The molecule has 0 aliphatic heterocycles. The van der Waals surface area contributed by atoms with Crippen molar-refractivity contribution in [3.8, 4) is 0 Å². The van der Waals surface area contributed by atoms with Gasteiger partial charge in [0.15, 0.2) is 0 Å². The zero-order chi connectivity index (χ0) is 11.5. The van der Waals surface area contributed by atoms with Gasteiger partial charge in [-0.05, 0) is 18.3 Å². The van der Waals surface area contributed by atoms with Gasteiger partial charge >= 0.3 is 0 Å². The van der Waals surface area contributed by atoms with Gasteiger partial charge in [-0.1, -0.05) is 33.6 Å². The number of rotatable bonds is 2. The van der Waals surface area contributed by atoms with E-state index in [1.807, 2.05) is 0 Å². The molecule has 1 saturated carbocycles. The van der Waals surface area contributed by atoms with Gasteiger partial charge < -0.3 is 11.1 Å². The van der Waals surface area contributed by atoms with Crippen LogP contribution in [-0.2, 0) is 4.79 Å². The first kappa shape index (κ1) is 12.5. The molecule has 88 valence electrons. The summed E-state index contributed by atoms with van der Waals surface area (Å²) >= 11 is 0. The third kappa shape index (κ3) is 4.65. The standard InChI is InChI=1S/C12H24N2O/c1-12(2,3)8-11(15)14-10-7-5-4-6-9(10)13/h9-10H,4-8,13H2,1-3H3,(H,14,15). The first-order valence-corrected chi connectivity index (χ1v) is 5.93. The van der Waals surface area contributed by atoms with E-state index < -0.39 is 0 Å². The predicted octanol–water partition coefficient (Wildman–Crippen LogP) is 1.81. The number of amides is 1. The summed E-state index contributed by atoms with van der Waals surface area (Å²) in [5.74, 6) is 0.143. The summed E-state index contributed by atoms with van der Waals surface area (Å²) in [5.41, 5.74) is 6.03. The van der Waals surface area contributed by atoms with Crippen LogP contribution in [0.15, 0.2) is 0 Å². The summed E-state index contributed by atoms with van der Waals surface area (Å²) in [6.45, 7) is 6.23. The highest BCUT2D eigenvalue weighted by Gasteiger charge is 2.24. The van der Waals surface area contributed by atoms with Crippen LogP contribution >= 0.6 is 0 Å². The molecule has 1 fully saturated rings.